The second-order valence-corrected chi connectivity index (χ2v) is 7.58. The van der Waals surface area contributed by atoms with E-state index in [1.54, 1.807) is 11.9 Å². The molecule has 5 heteroatoms. The molecule has 25 heavy (non-hydrogen) atoms. The predicted octanol–water partition coefficient (Wildman–Crippen LogP) is 3.14. The minimum Gasteiger partial charge on any atom is -0.330 e. The molecule has 0 fully saturated rings. The van der Waals surface area contributed by atoms with Crippen LogP contribution in [0.3, 0.4) is 0 Å². The zero-order chi connectivity index (χ0) is 18.5. The number of likely N-dealkylation sites (N-methyl/N-ethyl adjacent to an activating group) is 1. The van der Waals surface area contributed by atoms with E-state index in [2.05, 4.69) is 32.2 Å². The molecule has 0 saturated heterocycles. The number of urea groups is 1. The Morgan fingerprint density at radius 1 is 1.16 bits per heavy atom. The van der Waals surface area contributed by atoms with Gasteiger partial charge in [-0.3, -0.25) is 9.69 Å². The van der Waals surface area contributed by atoms with Crippen molar-refractivity contribution in [3.63, 3.8) is 0 Å². The molecule has 3 rings (SSSR count). The Labute approximate surface area is 149 Å². The standard InChI is InChI=1S/C20H27N3O2/c1-11(2)14(5)23-10-16-17(19(23)24)18(21-20(25)22(16)6)15-8-7-12(3)9-13(15)4/h7-9,11,14,18H,10H2,1-6H3,(H,21,25)/t14-,18+/m1/s1. The summed E-state index contributed by atoms with van der Waals surface area (Å²) in [6, 6.07) is 5.73. The first-order valence-electron chi connectivity index (χ1n) is 8.87. The Bertz CT molecular complexity index is 766. The topological polar surface area (TPSA) is 52.7 Å². The molecule has 134 valence electrons. The number of amides is 3. The molecule has 3 amide bonds. The molecule has 0 radical (unpaired) electrons. The first-order chi connectivity index (χ1) is 11.7. The molecule has 1 aromatic carbocycles. The molecule has 1 N–H and O–H groups in total. The molecular formula is C20H27N3O2. The van der Waals surface area contributed by atoms with Crippen LogP contribution in [0.15, 0.2) is 29.5 Å². The van der Waals surface area contributed by atoms with Gasteiger partial charge in [0.05, 0.1) is 23.9 Å². The maximum absolute atomic E-state index is 13.2. The summed E-state index contributed by atoms with van der Waals surface area (Å²) >= 11 is 0. The summed E-state index contributed by atoms with van der Waals surface area (Å²) in [4.78, 5) is 29.1. The lowest BCUT2D eigenvalue weighted by atomic mass is 9.91. The molecule has 5 nitrogen and oxygen atoms in total. The molecule has 0 spiro atoms. The average Bonchev–Trinajstić information content (AvgIpc) is 2.88. The lowest BCUT2D eigenvalue weighted by Gasteiger charge is -2.31. The van der Waals surface area contributed by atoms with E-state index in [0.717, 1.165) is 16.8 Å². The van der Waals surface area contributed by atoms with E-state index in [4.69, 9.17) is 0 Å². The van der Waals surface area contributed by atoms with Crippen LogP contribution in [0.1, 0.15) is 43.5 Å². The van der Waals surface area contributed by atoms with Gasteiger partial charge in [-0.25, -0.2) is 4.79 Å². The lowest BCUT2D eigenvalue weighted by Crippen LogP contribution is -2.45. The maximum Gasteiger partial charge on any atom is 0.322 e. The van der Waals surface area contributed by atoms with E-state index in [0.29, 0.717) is 18.0 Å². The van der Waals surface area contributed by atoms with Gasteiger partial charge in [-0.2, -0.15) is 0 Å². The lowest BCUT2D eigenvalue weighted by molar-refractivity contribution is -0.128. The largest absolute Gasteiger partial charge is 0.330 e. The number of hydrogen-bond donors (Lipinski definition) is 1. The Hall–Kier alpha value is -2.30. The second-order valence-electron chi connectivity index (χ2n) is 7.58. The van der Waals surface area contributed by atoms with Gasteiger partial charge in [0, 0.05) is 13.1 Å². The van der Waals surface area contributed by atoms with Crippen molar-refractivity contribution < 1.29 is 9.59 Å². The van der Waals surface area contributed by atoms with Crippen LogP contribution < -0.4 is 5.32 Å². The molecule has 2 atom stereocenters. The van der Waals surface area contributed by atoms with E-state index >= 15 is 0 Å². The third-order valence-corrected chi connectivity index (χ3v) is 5.58. The molecule has 2 aliphatic rings. The zero-order valence-corrected chi connectivity index (χ0v) is 15.9. The smallest absolute Gasteiger partial charge is 0.322 e. The SMILES string of the molecule is Cc1ccc([C@@H]2NC(=O)N(C)C3=C2C(=O)N([C@H](C)C(C)C)C3)c(C)c1. The second kappa shape index (κ2) is 6.21. The van der Waals surface area contributed by atoms with Crippen molar-refractivity contribution in [3.05, 3.63) is 46.2 Å². The van der Waals surface area contributed by atoms with Crippen molar-refractivity contribution in [1.82, 2.24) is 15.1 Å². The van der Waals surface area contributed by atoms with Gasteiger partial charge >= 0.3 is 6.03 Å². The van der Waals surface area contributed by atoms with Gasteiger partial charge in [0.15, 0.2) is 0 Å². The molecule has 2 heterocycles. The first-order valence-corrected chi connectivity index (χ1v) is 8.87. The van der Waals surface area contributed by atoms with E-state index in [-0.39, 0.29) is 24.0 Å². The summed E-state index contributed by atoms with van der Waals surface area (Å²) in [6.45, 7) is 10.9. The van der Waals surface area contributed by atoms with Gasteiger partial charge < -0.3 is 10.2 Å². The van der Waals surface area contributed by atoms with Crippen molar-refractivity contribution in [2.75, 3.05) is 13.6 Å². The normalized spacial score (nSPS) is 21.8. The van der Waals surface area contributed by atoms with E-state index in [9.17, 15) is 9.59 Å². The third-order valence-electron chi connectivity index (χ3n) is 5.58. The Balaban J connectivity index is 2.06. The summed E-state index contributed by atoms with van der Waals surface area (Å²) < 4.78 is 0. The molecule has 1 aromatic rings. The molecular weight excluding hydrogens is 314 g/mol. The molecule has 0 aromatic heterocycles. The summed E-state index contributed by atoms with van der Waals surface area (Å²) in [5.74, 6) is 0.395. The zero-order valence-electron chi connectivity index (χ0n) is 15.9. The van der Waals surface area contributed by atoms with Crippen molar-refractivity contribution in [1.29, 1.82) is 0 Å². The highest BCUT2D eigenvalue weighted by Crippen LogP contribution is 2.38. The Morgan fingerprint density at radius 3 is 2.44 bits per heavy atom. The van der Waals surface area contributed by atoms with Gasteiger partial charge in [0.1, 0.15) is 0 Å². The molecule has 0 saturated carbocycles. The van der Waals surface area contributed by atoms with Crippen LogP contribution in [0.5, 0.6) is 0 Å². The Morgan fingerprint density at radius 2 is 1.84 bits per heavy atom. The highest BCUT2D eigenvalue weighted by molar-refractivity contribution is 6.01. The number of nitrogens with zero attached hydrogens (tertiary/aromatic N) is 2. The number of nitrogens with one attached hydrogen (secondary N) is 1. The maximum atomic E-state index is 13.2. The van der Waals surface area contributed by atoms with Crippen LogP contribution in [-0.4, -0.2) is 41.4 Å². The van der Waals surface area contributed by atoms with Crippen LogP contribution in [0.2, 0.25) is 0 Å². The van der Waals surface area contributed by atoms with Crippen molar-refractivity contribution in [3.8, 4) is 0 Å². The number of benzene rings is 1. The van der Waals surface area contributed by atoms with Crippen LogP contribution in [-0.2, 0) is 4.79 Å². The summed E-state index contributed by atoms with van der Waals surface area (Å²) in [5, 5.41) is 3.01. The van der Waals surface area contributed by atoms with Gasteiger partial charge in [-0.05, 0) is 37.8 Å². The highest BCUT2D eigenvalue weighted by atomic mass is 16.2. The number of hydrogen-bond acceptors (Lipinski definition) is 2. The number of carbonyl (C=O) groups is 2. The molecule has 0 unspecified atom stereocenters. The van der Waals surface area contributed by atoms with E-state index in [1.807, 2.05) is 30.9 Å². The minimum absolute atomic E-state index is 0.0352. The average molecular weight is 341 g/mol. The van der Waals surface area contributed by atoms with Crippen molar-refractivity contribution in [2.45, 2.75) is 46.7 Å². The quantitative estimate of drug-likeness (QED) is 0.918. The summed E-state index contributed by atoms with van der Waals surface area (Å²) in [7, 11) is 1.74. The van der Waals surface area contributed by atoms with Crippen LogP contribution >= 0.6 is 0 Å². The molecule has 0 aliphatic carbocycles. The fourth-order valence-electron chi connectivity index (χ4n) is 3.66. The van der Waals surface area contributed by atoms with Gasteiger partial charge in [-0.15, -0.1) is 0 Å². The Kier molecular flexibility index (Phi) is 4.35. The van der Waals surface area contributed by atoms with Crippen molar-refractivity contribution >= 4 is 11.9 Å². The first kappa shape index (κ1) is 17.5. The van der Waals surface area contributed by atoms with Crippen LogP contribution in [0, 0.1) is 19.8 Å². The van der Waals surface area contributed by atoms with Gasteiger partial charge in [0.2, 0.25) is 0 Å². The number of aryl methyl sites for hydroxylation is 2. The van der Waals surface area contributed by atoms with Crippen LogP contribution in [0.4, 0.5) is 4.79 Å². The monoisotopic (exact) mass is 341 g/mol. The summed E-state index contributed by atoms with van der Waals surface area (Å²) in [6.07, 6.45) is 0. The van der Waals surface area contributed by atoms with Crippen molar-refractivity contribution in [2.24, 2.45) is 5.92 Å². The third kappa shape index (κ3) is 2.81. The summed E-state index contributed by atoms with van der Waals surface area (Å²) in [5.41, 5.74) is 4.78. The van der Waals surface area contributed by atoms with Crippen LogP contribution in [0.25, 0.3) is 0 Å². The van der Waals surface area contributed by atoms with Gasteiger partial charge in [-0.1, -0.05) is 37.6 Å². The predicted molar refractivity (Wildman–Crippen MR) is 98.0 cm³/mol. The fourth-order valence-corrected chi connectivity index (χ4v) is 3.66. The fraction of sp³-hybridized carbons (Fsp3) is 0.500. The minimum atomic E-state index is -0.379. The molecule has 2 aliphatic heterocycles. The molecule has 0 bridgehead atoms. The number of carbonyl (C=O) groups excluding carboxylic acids is 2. The highest BCUT2D eigenvalue weighted by Gasteiger charge is 2.44. The number of rotatable bonds is 3. The van der Waals surface area contributed by atoms with E-state index in [1.165, 1.54) is 5.56 Å². The van der Waals surface area contributed by atoms with Gasteiger partial charge in [0.25, 0.3) is 5.91 Å². The van der Waals surface area contributed by atoms with E-state index < -0.39 is 0 Å².